The molecule has 0 aliphatic carbocycles. The molecule has 1 aromatic carbocycles. The molecule has 5 rings (SSSR count). The lowest BCUT2D eigenvalue weighted by molar-refractivity contribution is 0.334. The van der Waals surface area contributed by atoms with Crippen molar-refractivity contribution in [3.63, 3.8) is 0 Å². The Hall–Kier alpha value is -3.53. The van der Waals surface area contributed by atoms with E-state index in [1.807, 2.05) is 6.92 Å². The summed E-state index contributed by atoms with van der Waals surface area (Å²) in [6.45, 7) is 5.60. The molecular weight excluding hydrogens is 433 g/mol. The van der Waals surface area contributed by atoms with Gasteiger partial charge in [0.25, 0.3) is 0 Å². The number of nitrogens with one attached hydrogen (secondary N) is 3. The minimum Gasteiger partial charge on any atom is -0.386 e. The Balaban J connectivity index is 1.67. The Bertz CT molecular complexity index is 1320. The molecule has 1 aliphatic heterocycles. The van der Waals surface area contributed by atoms with E-state index in [4.69, 9.17) is 15.7 Å². The normalized spacial score (nSPS) is 18.6. The number of piperidine rings is 1. The van der Waals surface area contributed by atoms with Crippen LogP contribution in [0.4, 0.5) is 27.5 Å². The Labute approximate surface area is 197 Å². The minimum atomic E-state index is -0.313. The lowest BCUT2D eigenvalue weighted by Gasteiger charge is -2.38. The highest BCUT2D eigenvalue weighted by molar-refractivity contribution is 6.14. The molecule has 178 valence electrons. The van der Waals surface area contributed by atoms with E-state index in [1.165, 1.54) is 6.07 Å². The second-order valence-electron chi connectivity index (χ2n) is 8.94. The summed E-state index contributed by atoms with van der Waals surface area (Å²) in [6.07, 6.45) is 6.42. The smallest absolute Gasteiger partial charge is 0.231 e. The average Bonchev–Trinajstić information content (AvgIpc) is 3.19. The van der Waals surface area contributed by atoms with Crippen LogP contribution < -0.4 is 21.3 Å². The molecule has 0 bridgehead atoms. The topological polar surface area (TPSA) is 121 Å². The SMILES string of the molecule is CCCC1CN(c2nc(Nc3cnc(C)nc3)nc3[nH]c4c(NC)cc(F)cc4c23)CC[C@H]1N. The maximum absolute atomic E-state index is 14.5. The fourth-order valence-corrected chi connectivity index (χ4v) is 4.83. The summed E-state index contributed by atoms with van der Waals surface area (Å²) in [5.41, 5.74) is 9.24. The summed E-state index contributed by atoms with van der Waals surface area (Å²) in [6, 6.07) is 3.19. The zero-order valence-electron chi connectivity index (χ0n) is 19.7. The number of nitrogens with zero attached hydrogens (tertiary/aromatic N) is 5. The zero-order chi connectivity index (χ0) is 23.8. The molecule has 4 heterocycles. The number of rotatable bonds is 6. The van der Waals surface area contributed by atoms with Gasteiger partial charge in [0.2, 0.25) is 5.95 Å². The lowest BCUT2D eigenvalue weighted by atomic mass is 9.89. The number of anilines is 4. The van der Waals surface area contributed by atoms with Gasteiger partial charge in [-0.1, -0.05) is 13.3 Å². The van der Waals surface area contributed by atoms with Crippen molar-refractivity contribution in [2.45, 2.75) is 39.2 Å². The van der Waals surface area contributed by atoms with Crippen molar-refractivity contribution in [3.05, 3.63) is 36.2 Å². The van der Waals surface area contributed by atoms with E-state index in [-0.39, 0.29) is 11.9 Å². The average molecular weight is 464 g/mol. The molecule has 34 heavy (non-hydrogen) atoms. The monoisotopic (exact) mass is 463 g/mol. The summed E-state index contributed by atoms with van der Waals surface area (Å²) in [5.74, 6) is 1.95. The number of aromatic amines is 1. The Morgan fingerprint density at radius 3 is 2.76 bits per heavy atom. The van der Waals surface area contributed by atoms with E-state index < -0.39 is 0 Å². The molecule has 1 saturated heterocycles. The molecule has 9 nitrogen and oxygen atoms in total. The Kier molecular flexibility index (Phi) is 5.91. The Morgan fingerprint density at radius 2 is 2.03 bits per heavy atom. The van der Waals surface area contributed by atoms with Gasteiger partial charge < -0.3 is 26.3 Å². The highest BCUT2D eigenvalue weighted by atomic mass is 19.1. The van der Waals surface area contributed by atoms with Gasteiger partial charge in [-0.15, -0.1) is 0 Å². The van der Waals surface area contributed by atoms with Gasteiger partial charge in [-0.05, 0) is 37.8 Å². The largest absolute Gasteiger partial charge is 0.386 e. The van der Waals surface area contributed by atoms with Crippen LogP contribution in [0.15, 0.2) is 24.5 Å². The molecule has 2 atom stereocenters. The van der Waals surface area contributed by atoms with Crippen molar-refractivity contribution >= 4 is 45.1 Å². The van der Waals surface area contributed by atoms with Crippen LogP contribution in [0.1, 0.15) is 32.0 Å². The van der Waals surface area contributed by atoms with Crippen molar-refractivity contribution in [1.29, 1.82) is 0 Å². The van der Waals surface area contributed by atoms with E-state index in [0.29, 0.717) is 34.7 Å². The summed E-state index contributed by atoms with van der Waals surface area (Å²) >= 11 is 0. The second-order valence-corrected chi connectivity index (χ2v) is 8.94. The van der Waals surface area contributed by atoms with Gasteiger partial charge in [0, 0.05) is 31.6 Å². The van der Waals surface area contributed by atoms with Crippen LogP contribution in [0, 0.1) is 18.7 Å². The van der Waals surface area contributed by atoms with Crippen LogP contribution in [0.2, 0.25) is 0 Å². The molecule has 0 amide bonds. The first kappa shape index (κ1) is 22.3. The van der Waals surface area contributed by atoms with Crippen molar-refractivity contribution < 1.29 is 4.39 Å². The maximum atomic E-state index is 14.5. The molecule has 0 spiro atoms. The minimum absolute atomic E-state index is 0.173. The molecule has 4 aromatic rings. The molecule has 5 N–H and O–H groups in total. The Morgan fingerprint density at radius 1 is 1.24 bits per heavy atom. The number of nitrogens with two attached hydrogens (primary N) is 1. The molecule has 1 fully saturated rings. The van der Waals surface area contributed by atoms with Gasteiger partial charge in [-0.2, -0.15) is 9.97 Å². The van der Waals surface area contributed by atoms with Crippen molar-refractivity contribution in [3.8, 4) is 0 Å². The van der Waals surface area contributed by atoms with E-state index in [1.54, 1.807) is 25.5 Å². The lowest BCUT2D eigenvalue weighted by Crippen LogP contribution is -2.47. The van der Waals surface area contributed by atoms with Crippen molar-refractivity contribution in [2.75, 3.05) is 35.7 Å². The van der Waals surface area contributed by atoms with Crippen LogP contribution in [-0.2, 0) is 0 Å². The summed E-state index contributed by atoms with van der Waals surface area (Å²) < 4.78 is 14.5. The first-order chi connectivity index (χ1) is 16.5. The third-order valence-corrected chi connectivity index (χ3v) is 6.56. The summed E-state index contributed by atoms with van der Waals surface area (Å²) in [7, 11) is 1.78. The molecular formula is C24H30FN9. The highest BCUT2D eigenvalue weighted by Gasteiger charge is 2.29. The summed E-state index contributed by atoms with van der Waals surface area (Å²) in [5, 5.41) is 7.86. The number of aromatic nitrogens is 5. The first-order valence-electron chi connectivity index (χ1n) is 11.7. The molecule has 0 radical (unpaired) electrons. The number of H-pyrrole nitrogens is 1. The van der Waals surface area contributed by atoms with Gasteiger partial charge in [0.05, 0.1) is 34.7 Å². The van der Waals surface area contributed by atoms with Crippen LogP contribution in [0.3, 0.4) is 0 Å². The number of hydrogen-bond acceptors (Lipinski definition) is 8. The van der Waals surface area contributed by atoms with Gasteiger partial charge in [0.1, 0.15) is 23.1 Å². The number of halogens is 1. The predicted molar refractivity (Wildman–Crippen MR) is 134 cm³/mol. The van der Waals surface area contributed by atoms with Gasteiger partial charge >= 0.3 is 0 Å². The number of hydrogen-bond donors (Lipinski definition) is 4. The van der Waals surface area contributed by atoms with E-state index in [2.05, 4.69) is 37.4 Å². The molecule has 10 heteroatoms. The number of aryl methyl sites for hydroxylation is 1. The number of fused-ring (bicyclic) bond motifs is 3. The third kappa shape index (κ3) is 4.09. The van der Waals surface area contributed by atoms with Crippen molar-refractivity contribution in [1.82, 2.24) is 24.9 Å². The maximum Gasteiger partial charge on any atom is 0.231 e. The third-order valence-electron chi connectivity index (χ3n) is 6.56. The fraction of sp³-hybridized carbons (Fsp3) is 0.417. The zero-order valence-corrected chi connectivity index (χ0v) is 19.7. The van der Waals surface area contributed by atoms with Gasteiger partial charge in [0.15, 0.2) is 0 Å². The van der Waals surface area contributed by atoms with Crippen LogP contribution in [0.25, 0.3) is 21.9 Å². The van der Waals surface area contributed by atoms with E-state index in [0.717, 1.165) is 54.5 Å². The van der Waals surface area contributed by atoms with E-state index >= 15 is 0 Å². The van der Waals surface area contributed by atoms with Crippen LogP contribution in [0.5, 0.6) is 0 Å². The van der Waals surface area contributed by atoms with Gasteiger partial charge in [-0.3, -0.25) is 0 Å². The van der Waals surface area contributed by atoms with Gasteiger partial charge in [-0.25, -0.2) is 14.4 Å². The first-order valence-corrected chi connectivity index (χ1v) is 11.7. The van der Waals surface area contributed by atoms with Crippen LogP contribution in [-0.4, -0.2) is 51.1 Å². The quantitative estimate of drug-likeness (QED) is 0.337. The van der Waals surface area contributed by atoms with Crippen molar-refractivity contribution in [2.24, 2.45) is 11.7 Å². The molecule has 1 aliphatic rings. The number of benzene rings is 1. The second kappa shape index (κ2) is 9.02. The van der Waals surface area contributed by atoms with Crippen LogP contribution >= 0.6 is 0 Å². The fourth-order valence-electron chi connectivity index (χ4n) is 4.83. The summed E-state index contributed by atoms with van der Waals surface area (Å²) in [4.78, 5) is 23.8. The molecule has 3 aromatic heterocycles. The molecule has 0 saturated carbocycles. The highest BCUT2D eigenvalue weighted by Crippen LogP contribution is 2.38. The van der Waals surface area contributed by atoms with E-state index in [9.17, 15) is 4.39 Å². The molecule has 1 unspecified atom stereocenters. The predicted octanol–water partition coefficient (Wildman–Crippen LogP) is 4.09. The standard InChI is InChI=1S/C24H30FN9/c1-4-5-14-12-34(7-6-18(14)26)23-20-17-8-15(25)9-19(27-3)21(17)31-22(20)32-24(33-23)30-16-10-28-13(2)29-11-16/h8-11,14,18,27H,4-7,12,26H2,1-3H3,(H2,30,31,32,33)/t14?,18-/m1/s1.